The molecule has 29 heavy (non-hydrogen) atoms. The van der Waals surface area contributed by atoms with E-state index in [9.17, 15) is 0 Å². The summed E-state index contributed by atoms with van der Waals surface area (Å²) in [6, 6.07) is 20.3. The molecule has 0 bridgehead atoms. The maximum absolute atomic E-state index is 6.38. The third-order valence-corrected chi connectivity index (χ3v) is 7.46. The van der Waals surface area contributed by atoms with Crippen LogP contribution in [0.4, 0.5) is 0 Å². The number of methoxy groups -OCH3 is 1. The van der Waals surface area contributed by atoms with Gasteiger partial charge in [-0.2, -0.15) is 0 Å². The average Bonchev–Trinajstić information content (AvgIpc) is 3.31. The summed E-state index contributed by atoms with van der Waals surface area (Å²) in [7, 11) is 0.0217. The Morgan fingerprint density at radius 3 is 1.86 bits per heavy atom. The summed E-state index contributed by atoms with van der Waals surface area (Å²) in [6.45, 7) is 0. The second-order valence-electron chi connectivity index (χ2n) is 7.84. The van der Waals surface area contributed by atoms with Crippen LogP contribution in [-0.2, 0) is 18.3 Å². The van der Waals surface area contributed by atoms with Crippen LogP contribution in [0.1, 0.15) is 35.1 Å². The van der Waals surface area contributed by atoms with Gasteiger partial charge in [-0.25, -0.2) is 0 Å². The Kier molecular flexibility index (Phi) is 3.79. The van der Waals surface area contributed by atoms with Crippen molar-refractivity contribution in [2.24, 2.45) is 0 Å². The quantitative estimate of drug-likeness (QED) is 0.506. The predicted molar refractivity (Wildman–Crippen MR) is 112 cm³/mol. The average molecular weight is 404 g/mol. The van der Waals surface area contributed by atoms with E-state index in [4.69, 9.17) is 18.3 Å². The number of hydrogen-bond acceptors (Lipinski definition) is 4. The molecular weight excluding hydrogens is 383 g/mol. The van der Waals surface area contributed by atoms with Crippen LogP contribution >= 0.6 is 8.60 Å². The Hall–Kier alpha value is -2.71. The van der Waals surface area contributed by atoms with E-state index in [1.54, 1.807) is 7.11 Å². The first-order valence-electron chi connectivity index (χ1n) is 10.00. The molecule has 0 fully saturated rings. The molecule has 3 aliphatic rings. The standard InChI is InChI=1S/C24H21O4P/c1-25-18-8-10-19(11-9-18)26-29-27-20-6-2-4-16-12-14-24(22(16)20)15-13-17-5-3-7-21(28-29)23(17)24/h2-11H,12-15H2,1H3. The Morgan fingerprint density at radius 1 is 0.759 bits per heavy atom. The fraction of sp³-hybridized carbons (Fsp3) is 0.250. The van der Waals surface area contributed by atoms with E-state index in [1.807, 2.05) is 24.3 Å². The van der Waals surface area contributed by atoms with Gasteiger partial charge in [0, 0.05) is 16.5 Å². The van der Waals surface area contributed by atoms with Gasteiger partial charge in [-0.3, -0.25) is 0 Å². The van der Waals surface area contributed by atoms with Crippen molar-refractivity contribution in [2.45, 2.75) is 31.1 Å². The molecule has 4 nitrogen and oxygen atoms in total. The topological polar surface area (TPSA) is 36.9 Å². The minimum Gasteiger partial charge on any atom is -0.497 e. The van der Waals surface area contributed by atoms with Crippen molar-refractivity contribution >= 4 is 8.60 Å². The van der Waals surface area contributed by atoms with Crippen LogP contribution in [0, 0.1) is 0 Å². The minimum absolute atomic E-state index is 0.0133. The van der Waals surface area contributed by atoms with Gasteiger partial charge in [-0.1, -0.05) is 24.3 Å². The zero-order valence-corrected chi connectivity index (χ0v) is 17.1. The third kappa shape index (κ3) is 2.55. The molecule has 0 unspecified atom stereocenters. The molecule has 1 aliphatic heterocycles. The molecule has 1 spiro atoms. The summed E-state index contributed by atoms with van der Waals surface area (Å²) >= 11 is 0. The third-order valence-electron chi connectivity index (χ3n) is 6.41. The van der Waals surface area contributed by atoms with Gasteiger partial charge in [-0.15, -0.1) is 0 Å². The molecule has 3 aromatic rings. The van der Waals surface area contributed by atoms with E-state index in [1.165, 1.54) is 22.3 Å². The van der Waals surface area contributed by atoms with Crippen LogP contribution in [0.3, 0.4) is 0 Å². The molecule has 0 amide bonds. The molecule has 1 heterocycles. The fourth-order valence-corrected chi connectivity index (χ4v) is 6.22. The number of hydrogen-bond donors (Lipinski definition) is 0. The Labute approximate surface area is 171 Å². The van der Waals surface area contributed by atoms with Crippen molar-refractivity contribution in [1.82, 2.24) is 0 Å². The number of aryl methyl sites for hydroxylation is 2. The smallest absolute Gasteiger partial charge is 0.497 e. The van der Waals surface area contributed by atoms with Crippen molar-refractivity contribution in [3.05, 3.63) is 82.9 Å². The largest absolute Gasteiger partial charge is 0.530 e. The van der Waals surface area contributed by atoms with Crippen LogP contribution in [0.5, 0.6) is 23.0 Å². The fourth-order valence-electron chi connectivity index (χ4n) is 5.19. The Bertz CT molecular complexity index is 1030. The number of rotatable bonds is 3. The zero-order valence-electron chi connectivity index (χ0n) is 16.2. The Balaban J connectivity index is 1.46. The van der Waals surface area contributed by atoms with Gasteiger partial charge >= 0.3 is 8.60 Å². The van der Waals surface area contributed by atoms with Crippen molar-refractivity contribution in [3.63, 3.8) is 0 Å². The maximum Gasteiger partial charge on any atom is 0.530 e. The molecule has 0 atom stereocenters. The van der Waals surface area contributed by atoms with Crippen molar-refractivity contribution < 1.29 is 18.3 Å². The molecule has 0 aromatic heterocycles. The molecule has 5 heteroatoms. The van der Waals surface area contributed by atoms with Crippen LogP contribution in [-0.4, -0.2) is 7.11 Å². The molecular formula is C24H21O4P. The first-order valence-corrected chi connectivity index (χ1v) is 11.1. The van der Waals surface area contributed by atoms with E-state index in [0.717, 1.165) is 42.9 Å². The van der Waals surface area contributed by atoms with E-state index in [0.29, 0.717) is 5.75 Å². The summed E-state index contributed by atoms with van der Waals surface area (Å²) in [5, 5.41) is 0. The van der Waals surface area contributed by atoms with Gasteiger partial charge in [0.2, 0.25) is 0 Å². The van der Waals surface area contributed by atoms with Gasteiger partial charge in [0.05, 0.1) is 7.11 Å². The molecule has 0 radical (unpaired) electrons. The summed E-state index contributed by atoms with van der Waals surface area (Å²) in [6.07, 6.45) is 4.40. The highest BCUT2D eigenvalue weighted by Crippen LogP contribution is 2.61. The Morgan fingerprint density at radius 2 is 1.31 bits per heavy atom. The van der Waals surface area contributed by atoms with Gasteiger partial charge in [-0.05, 0) is 73.2 Å². The van der Waals surface area contributed by atoms with Crippen LogP contribution in [0.2, 0.25) is 0 Å². The molecule has 0 saturated carbocycles. The van der Waals surface area contributed by atoms with Crippen LogP contribution in [0.15, 0.2) is 60.7 Å². The number of benzene rings is 3. The van der Waals surface area contributed by atoms with Crippen LogP contribution in [0.25, 0.3) is 0 Å². The maximum atomic E-state index is 6.38. The highest BCUT2D eigenvalue weighted by molar-refractivity contribution is 7.43. The van der Waals surface area contributed by atoms with Crippen molar-refractivity contribution in [3.8, 4) is 23.0 Å². The second kappa shape index (κ2) is 6.40. The van der Waals surface area contributed by atoms with Gasteiger partial charge in [0.25, 0.3) is 0 Å². The summed E-state index contributed by atoms with van der Waals surface area (Å²) in [4.78, 5) is 0. The molecule has 0 N–H and O–H groups in total. The monoisotopic (exact) mass is 404 g/mol. The van der Waals surface area contributed by atoms with E-state index >= 15 is 0 Å². The molecule has 6 rings (SSSR count). The molecule has 146 valence electrons. The van der Waals surface area contributed by atoms with Gasteiger partial charge < -0.3 is 18.3 Å². The normalized spacial score (nSPS) is 18.0. The summed E-state index contributed by atoms with van der Waals surface area (Å²) < 4.78 is 24.2. The highest BCUT2D eigenvalue weighted by Gasteiger charge is 2.50. The number of ether oxygens (including phenoxy) is 1. The first-order chi connectivity index (χ1) is 14.3. The lowest BCUT2D eigenvalue weighted by atomic mass is 9.76. The molecule has 0 saturated heterocycles. The van der Waals surface area contributed by atoms with Crippen molar-refractivity contribution in [2.75, 3.05) is 7.11 Å². The van der Waals surface area contributed by atoms with E-state index in [2.05, 4.69) is 36.4 Å². The lowest BCUT2D eigenvalue weighted by Crippen LogP contribution is -2.24. The van der Waals surface area contributed by atoms with E-state index in [-0.39, 0.29) is 5.41 Å². The lowest BCUT2D eigenvalue weighted by Gasteiger charge is -2.33. The van der Waals surface area contributed by atoms with Gasteiger partial charge in [0.1, 0.15) is 23.0 Å². The second-order valence-corrected chi connectivity index (χ2v) is 8.83. The zero-order chi connectivity index (χ0) is 19.4. The van der Waals surface area contributed by atoms with Crippen LogP contribution < -0.4 is 18.3 Å². The summed E-state index contributed by atoms with van der Waals surface area (Å²) in [5.74, 6) is 3.30. The highest BCUT2D eigenvalue weighted by atomic mass is 31.2. The predicted octanol–water partition coefficient (Wildman–Crippen LogP) is 5.95. The molecule has 3 aromatic carbocycles. The van der Waals surface area contributed by atoms with Gasteiger partial charge in [0.15, 0.2) is 0 Å². The molecule has 2 aliphatic carbocycles. The van der Waals surface area contributed by atoms with E-state index < -0.39 is 8.60 Å². The summed E-state index contributed by atoms with van der Waals surface area (Å²) in [5.41, 5.74) is 5.50. The van der Waals surface area contributed by atoms with Crippen molar-refractivity contribution in [1.29, 1.82) is 0 Å². The minimum atomic E-state index is -1.63. The SMILES string of the molecule is COc1ccc(OP2Oc3cccc4c3C3(CC4)CCc4cccc(c43)O2)cc1. The lowest BCUT2D eigenvalue weighted by molar-refractivity contribution is 0.363. The first kappa shape index (κ1) is 17.2.